The highest BCUT2D eigenvalue weighted by Gasteiger charge is 2.05. The summed E-state index contributed by atoms with van der Waals surface area (Å²) in [5.74, 6) is -0.386. The zero-order valence-electron chi connectivity index (χ0n) is 6.97. The highest BCUT2D eigenvalue weighted by atomic mass is 79.9. The number of hydrogen-bond donors (Lipinski definition) is 1. The highest BCUT2D eigenvalue weighted by Crippen LogP contribution is 2.17. The highest BCUT2D eigenvalue weighted by molar-refractivity contribution is 9.10. The van der Waals surface area contributed by atoms with Crippen molar-refractivity contribution < 1.29 is 4.79 Å². The fraction of sp³-hybridized carbons (Fsp3) is 0.111. The van der Waals surface area contributed by atoms with E-state index < -0.39 is 0 Å². The minimum absolute atomic E-state index is 0.386. The summed E-state index contributed by atoms with van der Waals surface area (Å²) in [5, 5.41) is 10.3. The summed E-state index contributed by atoms with van der Waals surface area (Å²) < 4.78 is 0.859. The Morgan fingerprint density at radius 1 is 1.62 bits per heavy atom. The Morgan fingerprint density at radius 2 is 2.31 bits per heavy atom. The number of carbonyl (C=O) groups excluding carboxylic acids is 1. The Hall–Kier alpha value is -1.34. The summed E-state index contributed by atoms with van der Waals surface area (Å²) in [6.45, 7) is 1.93. The van der Waals surface area contributed by atoms with Crippen molar-refractivity contribution in [1.29, 1.82) is 5.26 Å². The zero-order valence-corrected chi connectivity index (χ0v) is 8.55. The lowest BCUT2D eigenvalue weighted by atomic mass is 10.1. The third-order valence-electron chi connectivity index (χ3n) is 1.60. The van der Waals surface area contributed by atoms with Gasteiger partial charge in [0.05, 0.1) is 0 Å². The van der Waals surface area contributed by atoms with E-state index in [0.29, 0.717) is 5.56 Å². The van der Waals surface area contributed by atoms with E-state index >= 15 is 0 Å². The van der Waals surface area contributed by atoms with Gasteiger partial charge in [0.25, 0.3) is 5.91 Å². The van der Waals surface area contributed by atoms with Gasteiger partial charge in [-0.3, -0.25) is 10.1 Å². The van der Waals surface area contributed by atoms with Crippen LogP contribution in [0.4, 0.5) is 0 Å². The summed E-state index contributed by atoms with van der Waals surface area (Å²) in [6.07, 6.45) is 1.59. The standard InChI is InChI=1S/C9H7BrN2O/c1-6-2-3-7(4-8(6)10)9(13)12-5-11/h2-4H,1H3,(H,12,13). The third-order valence-corrected chi connectivity index (χ3v) is 2.46. The lowest BCUT2D eigenvalue weighted by Gasteiger charge is -2.00. The van der Waals surface area contributed by atoms with E-state index in [0.717, 1.165) is 10.0 Å². The minimum atomic E-state index is -0.386. The van der Waals surface area contributed by atoms with Gasteiger partial charge >= 0.3 is 0 Å². The van der Waals surface area contributed by atoms with Gasteiger partial charge < -0.3 is 0 Å². The van der Waals surface area contributed by atoms with Crippen LogP contribution in [-0.4, -0.2) is 5.91 Å². The average molecular weight is 239 g/mol. The molecule has 4 heteroatoms. The lowest BCUT2D eigenvalue weighted by molar-refractivity contribution is 0.0973. The van der Waals surface area contributed by atoms with Crippen LogP contribution in [0, 0.1) is 18.4 Å². The Kier molecular flexibility index (Phi) is 3.04. The topological polar surface area (TPSA) is 52.9 Å². The second kappa shape index (κ2) is 4.06. The summed E-state index contributed by atoms with van der Waals surface area (Å²) in [7, 11) is 0. The van der Waals surface area contributed by atoms with Crippen LogP contribution in [0.25, 0.3) is 0 Å². The van der Waals surface area contributed by atoms with Gasteiger partial charge in [-0.15, -0.1) is 0 Å². The number of carbonyl (C=O) groups is 1. The van der Waals surface area contributed by atoms with Crippen molar-refractivity contribution in [2.45, 2.75) is 6.92 Å². The molecule has 0 aliphatic carbocycles. The maximum Gasteiger partial charge on any atom is 0.264 e. The molecule has 13 heavy (non-hydrogen) atoms. The smallest absolute Gasteiger partial charge is 0.264 e. The fourth-order valence-corrected chi connectivity index (χ4v) is 1.24. The van der Waals surface area contributed by atoms with E-state index in [1.807, 2.05) is 13.0 Å². The molecule has 1 aromatic carbocycles. The molecule has 0 heterocycles. The summed E-state index contributed by atoms with van der Waals surface area (Å²) in [5.41, 5.74) is 1.52. The first-order valence-corrected chi connectivity index (χ1v) is 4.40. The van der Waals surface area contributed by atoms with Crippen LogP contribution in [0.5, 0.6) is 0 Å². The molecule has 1 amide bonds. The van der Waals surface area contributed by atoms with Gasteiger partial charge in [-0.25, -0.2) is 0 Å². The summed E-state index contributed by atoms with van der Waals surface area (Å²) >= 11 is 3.30. The Labute approximate surface area is 84.5 Å². The van der Waals surface area contributed by atoms with Crippen LogP contribution in [0.3, 0.4) is 0 Å². The first-order valence-electron chi connectivity index (χ1n) is 3.60. The molecule has 0 unspecified atom stereocenters. The molecule has 0 atom stereocenters. The molecule has 0 spiro atoms. The molecule has 0 aromatic heterocycles. The number of hydrogen-bond acceptors (Lipinski definition) is 2. The number of benzene rings is 1. The van der Waals surface area contributed by atoms with E-state index in [9.17, 15) is 4.79 Å². The molecule has 1 rings (SSSR count). The van der Waals surface area contributed by atoms with Gasteiger partial charge in [0, 0.05) is 10.0 Å². The normalized spacial score (nSPS) is 9.00. The molecule has 0 aliphatic rings. The van der Waals surface area contributed by atoms with Crippen LogP contribution < -0.4 is 5.32 Å². The maximum absolute atomic E-state index is 11.2. The predicted molar refractivity (Wildman–Crippen MR) is 52.0 cm³/mol. The molecular weight excluding hydrogens is 232 g/mol. The van der Waals surface area contributed by atoms with E-state index in [1.54, 1.807) is 18.3 Å². The Morgan fingerprint density at radius 3 is 2.85 bits per heavy atom. The van der Waals surface area contributed by atoms with Crippen molar-refractivity contribution in [3.8, 4) is 6.19 Å². The van der Waals surface area contributed by atoms with Crippen LogP contribution in [0.2, 0.25) is 0 Å². The zero-order chi connectivity index (χ0) is 9.84. The monoisotopic (exact) mass is 238 g/mol. The van der Waals surface area contributed by atoms with Gasteiger partial charge in [0.1, 0.15) is 0 Å². The Balaban J connectivity index is 2.98. The molecule has 0 fully saturated rings. The first kappa shape index (κ1) is 9.75. The molecule has 0 saturated heterocycles. The maximum atomic E-state index is 11.2. The largest absolute Gasteiger partial charge is 0.268 e. The van der Waals surface area contributed by atoms with Crippen molar-refractivity contribution in [2.24, 2.45) is 0 Å². The minimum Gasteiger partial charge on any atom is -0.268 e. The number of nitrogens with one attached hydrogen (secondary N) is 1. The van der Waals surface area contributed by atoms with E-state index in [1.165, 1.54) is 0 Å². The lowest BCUT2D eigenvalue weighted by Crippen LogP contribution is -2.17. The molecule has 1 N–H and O–H groups in total. The summed E-state index contributed by atoms with van der Waals surface area (Å²) in [4.78, 5) is 11.2. The molecule has 0 saturated carbocycles. The van der Waals surface area contributed by atoms with Crippen molar-refractivity contribution in [3.63, 3.8) is 0 Å². The van der Waals surface area contributed by atoms with Crippen LogP contribution in [0.1, 0.15) is 15.9 Å². The van der Waals surface area contributed by atoms with Gasteiger partial charge in [-0.05, 0) is 24.6 Å². The van der Waals surface area contributed by atoms with E-state index in [-0.39, 0.29) is 5.91 Å². The van der Waals surface area contributed by atoms with Gasteiger partial charge in [-0.1, -0.05) is 22.0 Å². The number of aryl methyl sites for hydroxylation is 1. The average Bonchev–Trinajstić information content (AvgIpc) is 2.10. The number of amides is 1. The van der Waals surface area contributed by atoms with E-state index in [4.69, 9.17) is 5.26 Å². The van der Waals surface area contributed by atoms with Crippen molar-refractivity contribution in [2.75, 3.05) is 0 Å². The van der Waals surface area contributed by atoms with E-state index in [2.05, 4.69) is 21.2 Å². The first-order chi connectivity index (χ1) is 6.15. The quantitative estimate of drug-likeness (QED) is 0.601. The SMILES string of the molecule is Cc1ccc(C(=O)NC#N)cc1Br. The molecule has 66 valence electrons. The number of nitrogens with zero attached hydrogens (tertiary/aromatic N) is 1. The van der Waals surface area contributed by atoms with Gasteiger partial charge in [0.15, 0.2) is 6.19 Å². The molecule has 1 aromatic rings. The van der Waals surface area contributed by atoms with Crippen LogP contribution >= 0.6 is 15.9 Å². The second-order valence-corrected chi connectivity index (χ2v) is 3.38. The molecule has 0 radical (unpaired) electrons. The van der Waals surface area contributed by atoms with Gasteiger partial charge in [0.2, 0.25) is 0 Å². The molecule has 0 aliphatic heterocycles. The molecule has 0 bridgehead atoms. The molecule has 3 nitrogen and oxygen atoms in total. The number of rotatable bonds is 1. The van der Waals surface area contributed by atoms with Crippen LogP contribution in [-0.2, 0) is 0 Å². The summed E-state index contributed by atoms with van der Waals surface area (Å²) in [6, 6.07) is 5.17. The predicted octanol–water partition coefficient (Wildman–Crippen LogP) is 1.97. The third kappa shape index (κ3) is 2.30. The molecular formula is C9H7BrN2O. The second-order valence-electron chi connectivity index (χ2n) is 2.53. The van der Waals surface area contributed by atoms with Crippen LogP contribution in [0.15, 0.2) is 22.7 Å². The van der Waals surface area contributed by atoms with Crippen molar-refractivity contribution in [3.05, 3.63) is 33.8 Å². The van der Waals surface area contributed by atoms with Gasteiger partial charge in [-0.2, -0.15) is 5.26 Å². The van der Waals surface area contributed by atoms with Crippen molar-refractivity contribution >= 4 is 21.8 Å². The number of nitriles is 1. The number of halogens is 1. The van der Waals surface area contributed by atoms with Crippen molar-refractivity contribution in [1.82, 2.24) is 5.32 Å². The fourth-order valence-electron chi connectivity index (χ4n) is 0.857. The Bertz CT molecular complexity index is 382.